The van der Waals surface area contributed by atoms with Crippen molar-refractivity contribution in [3.8, 4) is 0 Å². The number of urea groups is 1. The van der Waals surface area contributed by atoms with Gasteiger partial charge in [-0.1, -0.05) is 67.1 Å². The standard InChI is InChI=1S/C26H32N2O3S/c1-2-31-24(29)16-10-9-15-23-25-22(19-32-23)27(17-20-11-5-3-6-12-20)26(30)28(25)18-21-13-7-4-8-14-21/h3-8,11-14,22-23,25H,2,9-10,15-19H2,1H3/t22-,23-,25-/m0/s1. The lowest BCUT2D eigenvalue weighted by Gasteiger charge is -2.27. The van der Waals surface area contributed by atoms with Crippen molar-refractivity contribution in [2.75, 3.05) is 12.4 Å². The summed E-state index contributed by atoms with van der Waals surface area (Å²) in [6, 6.07) is 21.1. The van der Waals surface area contributed by atoms with Gasteiger partial charge < -0.3 is 14.5 Å². The fraction of sp³-hybridized carbons (Fsp3) is 0.462. The molecule has 2 saturated heterocycles. The zero-order valence-electron chi connectivity index (χ0n) is 18.7. The van der Waals surface area contributed by atoms with E-state index >= 15 is 0 Å². The molecular weight excluding hydrogens is 420 g/mol. The van der Waals surface area contributed by atoms with Gasteiger partial charge in [0.1, 0.15) is 0 Å². The van der Waals surface area contributed by atoms with E-state index in [1.807, 2.05) is 55.1 Å². The van der Waals surface area contributed by atoms with Crippen LogP contribution in [0, 0.1) is 0 Å². The molecule has 170 valence electrons. The van der Waals surface area contributed by atoms with E-state index in [-0.39, 0.29) is 24.1 Å². The van der Waals surface area contributed by atoms with Crippen LogP contribution in [0.1, 0.15) is 43.7 Å². The smallest absolute Gasteiger partial charge is 0.321 e. The average Bonchev–Trinajstić information content (AvgIpc) is 3.33. The first-order valence-electron chi connectivity index (χ1n) is 11.6. The molecule has 2 aliphatic rings. The van der Waals surface area contributed by atoms with Gasteiger partial charge in [0.25, 0.3) is 0 Å². The molecule has 6 heteroatoms. The van der Waals surface area contributed by atoms with Gasteiger partial charge >= 0.3 is 12.0 Å². The molecule has 3 atom stereocenters. The Labute approximate surface area is 195 Å². The number of hydrogen-bond donors (Lipinski definition) is 0. The topological polar surface area (TPSA) is 49.9 Å². The number of amides is 2. The molecule has 2 heterocycles. The predicted molar refractivity (Wildman–Crippen MR) is 128 cm³/mol. The Kier molecular flexibility index (Phi) is 7.74. The minimum atomic E-state index is -0.111. The first-order chi connectivity index (χ1) is 15.7. The molecule has 0 spiro atoms. The number of esters is 1. The van der Waals surface area contributed by atoms with E-state index in [4.69, 9.17) is 4.74 Å². The molecule has 5 nitrogen and oxygen atoms in total. The van der Waals surface area contributed by atoms with Crippen LogP contribution in [0.5, 0.6) is 0 Å². The lowest BCUT2D eigenvalue weighted by molar-refractivity contribution is -0.143. The number of ether oxygens (including phenoxy) is 1. The SMILES string of the molecule is CCOC(=O)CCCC[C@@H]1SC[C@H]2[C@@H]1N(Cc1ccccc1)C(=O)N2Cc1ccccc1. The van der Waals surface area contributed by atoms with E-state index in [0.29, 0.717) is 31.4 Å². The second-order valence-corrected chi connectivity index (χ2v) is 9.76. The van der Waals surface area contributed by atoms with Crippen molar-refractivity contribution in [3.63, 3.8) is 0 Å². The van der Waals surface area contributed by atoms with Gasteiger partial charge in [0.2, 0.25) is 0 Å². The van der Waals surface area contributed by atoms with Crippen molar-refractivity contribution in [2.24, 2.45) is 0 Å². The van der Waals surface area contributed by atoms with E-state index in [0.717, 1.165) is 25.0 Å². The summed E-state index contributed by atoms with van der Waals surface area (Å²) >= 11 is 1.98. The Morgan fingerprint density at radius 3 is 2.22 bits per heavy atom. The van der Waals surface area contributed by atoms with Gasteiger partial charge in [0.15, 0.2) is 0 Å². The summed E-state index contributed by atoms with van der Waals surface area (Å²) in [5, 5.41) is 0.399. The van der Waals surface area contributed by atoms with Crippen LogP contribution >= 0.6 is 11.8 Å². The molecule has 0 aliphatic carbocycles. The second kappa shape index (κ2) is 10.9. The fourth-order valence-corrected chi connectivity index (χ4v) is 6.48. The molecule has 0 aromatic heterocycles. The summed E-state index contributed by atoms with van der Waals surface area (Å²) in [6.07, 6.45) is 3.31. The van der Waals surface area contributed by atoms with Crippen LogP contribution in [-0.2, 0) is 22.6 Å². The summed E-state index contributed by atoms with van der Waals surface area (Å²) in [6.45, 7) is 3.58. The van der Waals surface area contributed by atoms with Crippen molar-refractivity contribution in [1.29, 1.82) is 0 Å². The molecule has 2 fully saturated rings. The fourth-order valence-electron chi connectivity index (χ4n) is 4.80. The van der Waals surface area contributed by atoms with Crippen LogP contribution in [0.25, 0.3) is 0 Å². The first-order valence-corrected chi connectivity index (χ1v) is 12.6. The van der Waals surface area contributed by atoms with Crippen LogP contribution in [0.4, 0.5) is 4.79 Å². The normalized spacial score (nSPS) is 22.3. The lowest BCUT2D eigenvalue weighted by atomic mass is 10.0. The molecule has 0 saturated carbocycles. The Hall–Kier alpha value is -2.47. The molecule has 2 aromatic rings. The number of thioether (sulfide) groups is 1. The number of nitrogens with zero attached hydrogens (tertiary/aromatic N) is 2. The summed E-state index contributed by atoms with van der Waals surface area (Å²) in [4.78, 5) is 29.4. The van der Waals surface area contributed by atoms with Crippen molar-refractivity contribution in [3.05, 3.63) is 71.8 Å². The second-order valence-electron chi connectivity index (χ2n) is 8.49. The van der Waals surface area contributed by atoms with Crippen molar-refractivity contribution in [2.45, 2.75) is 63.0 Å². The number of unbranched alkanes of at least 4 members (excludes halogenated alkanes) is 1. The number of carbonyl (C=O) groups is 2. The molecule has 2 aromatic carbocycles. The van der Waals surface area contributed by atoms with Crippen LogP contribution in [-0.4, -0.2) is 51.5 Å². The van der Waals surface area contributed by atoms with Crippen LogP contribution in [0.3, 0.4) is 0 Å². The molecule has 0 unspecified atom stereocenters. The minimum Gasteiger partial charge on any atom is -0.466 e. The summed E-state index contributed by atoms with van der Waals surface area (Å²) < 4.78 is 5.05. The van der Waals surface area contributed by atoms with Crippen molar-refractivity contribution < 1.29 is 14.3 Å². The summed E-state index contributed by atoms with van der Waals surface area (Å²) in [7, 11) is 0. The van der Waals surface area contributed by atoms with Gasteiger partial charge in [0.05, 0.1) is 18.7 Å². The Morgan fingerprint density at radius 1 is 0.969 bits per heavy atom. The van der Waals surface area contributed by atoms with E-state index in [9.17, 15) is 9.59 Å². The molecule has 0 N–H and O–H groups in total. The van der Waals surface area contributed by atoms with Crippen LogP contribution in [0.15, 0.2) is 60.7 Å². The van der Waals surface area contributed by atoms with Gasteiger partial charge in [0, 0.05) is 30.5 Å². The van der Waals surface area contributed by atoms with Crippen molar-refractivity contribution >= 4 is 23.8 Å². The largest absolute Gasteiger partial charge is 0.466 e. The van der Waals surface area contributed by atoms with Gasteiger partial charge in [-0.3, -0.25) is 4.79 Å². The third-order valence-corrected chi connectivity index (χ3v) is 7.80. The summed E-state index contributed by atoms with van der Waals surface area (Å²) in [5.41, 5.74) is 2.34. The quantitative estimate of drug-likeness (QED) is 0.286. The lowest BCUT2D eigenvalue weighted by Crippen LogP contribution is -2.40. The molecule has 32 heavy (non-hydrogen) atoms. The number of carbonyl (C=O) groups excluding carboxylic acids is 2. The molecule has 0 bridgehead atoms. The first kappa shape index (κ1) is 22.7. The zero-order chi connectivity index (χ0) is 22.3. The molecule has 0 radical (unpaired) electrons. The molecule has 2 aliphatic heterocycles. The molecule has 2 amide bonds. The molecular formula is C26H32N2O3S. The molecule has 4 rings (SSSR count). The highest BCUT2D eigenvalue weighted by Crippen LogP contribution is 2.42. The minimum absolute atomic E-state index is 0.111. The number of rotatable bonds is 10. The van der Waals surface area contributed by atoms with E-state index in [1.54, 1.807) is 0 Å². The Bertz CT molecular complexity index is 892. The van der Waals surface area contributed by atoms with E-state index in [2.05, 4.69) is 34.1 Å². The van der Waals surface area contributed by atoms with Gasteiger partial charge in [-0.2, -0.15) is 11.8 Å². The predicted octanol–water partition coefficient (Wildman–Crippen LogP) is 5.10. The highest BCUT2D eigenvalue weighted by atomic mass is 32.2. The highest BCUT2D eigenvalue weighted by molar-refractivity contribution is 8.00. The zero-order valence-corrected chi connectivity index (χ0v) is 19.5. The average molecular weight is 453 g/mol. The van der Waals surface area contributed by atoms with E-state index < -0.39 is 0 Å². The highest BCUT2D eigenvalue weighted by Gasteiger charge is 2.52. The maximum Gasteiger partial charge on any atom is 0.321 e. The number of hydrogen-bond acceptors (Lipinski definition) is 4. The van der Waals surface area contributed by atoms with Crippen LogP contribution < -0.4 is 0 Å². The maximum atomic E-state index is 13.5. The van der Waals surface area contributed by atoms with Gasteiger partial charge in [-0.05, 0) is 30.9 Å². The van der Waals surface area contributed by atoms with Crippen LogP contribution in [0.2, 0.25) is 0 Å². The Morgan fingerprint density at radius 2 is 1.59 bits per heavy atom. The maximum absolute atomic E-state index is 13.5. The monoisotopic (exact) mass is 452 g/mol. The van der Waals surface area contributed by atoms with Gasteiger partial charge in [-0.25, -0.2) is 4.79 Å². The van der Waals surface area contributed by atoms with Crippen molar-refractivity contribution in [1.82, 2.24) is 9.80 Å². The van der Waals surface area contributed by atoms with Gasteiger partial charge in [-0.15, -0.1) is 0 Å². The number of fused-ring (bicyclic) bond motifs is 1. The number of benzene rings is 2. The third kappa shape index (κ3) is 5.29. The Balaban J connectivity index is 1.46. The summed E-state index contributed by atoms with van der Waals surface area (Å²) in [5.74, 6) is 0.858. The van der Waals surface area contributed by atoms with E-state index in [1.165, 1.54) is 11.1 Å². The third-order valence-electron chi connectivity index (χ3n) is 6.32.